The molecule has 1 aliphatic heterocycles. The summed E-state index contributed by atoms with van der Waals surface area (Å²) < 4.78 is 7.23. The lowest BCUT2D eigenvalue weighted by atomic mass is 10.0. The van der Waals surface area contributed by atoms with E-state index in [0.29, 0.717) is 19.1 Å². The largest absolute Gasteiger partial charge is 0.380 e. The molecule has 0 spiro atoms. The number of aromatic nitrogens is 2. The highest BCUT2D eigenvalue weighted by atomic mass is 127. The molecule has 1 saturated heterocycles. The average Bonchev–Trinajstić information content (AvgIpc) is 3.11. The molecular weight excluding hydrogens is 393 g/mol. The zero-order valence-electron chi connectivity index (χ0n) is 13.8. The van der Waals surface area contributed by atoms with Gasteiger partial charge < -0.3 is 15.0 Å². The number of nitrogens with one attached hydrogen (secondary N) is 1. The van der Waals surface area contributed by atoms with E-state index < -0.39 is 0 Å². The summed E-state index contributed by atoms with van der Waals surface area (Å²) in [5.74, 6) is 1.55. The smallest absolute Gasteiger partial charge is 0.194 e. The van der Waals surface area contributed by atoms with Crippen LogP contribution in [0.4, 0.5) is 0 Å². The third kappa shape index (κ3) is 5.42. The number of hydrogen-bond donors (Lipinski definition) is 1. The van der Waals surface area contributed by atoms with Gasteiger partial charge in [-0.1, -0.05) is 0 Å². The number of guanidine groups is 1. The quantitative estimate of drug-likeness (QED) is 0.330. The molecule has 1 aromatic heterocycles. The summed E-state index contributed by atoms with van der Waals surface area (Å²) in [6, 6.07) is 0. The molecule has 2 rings (SSSR count). The SMILES string of the molecule is CCNC(=NCCOCC)N1CCC(c2cnn(C)c2)C1.I. The standard InChI is InChI=1S/C15H27N5O.HI/c1-4-16-15(17-7-9-21-5-2)20-8-6-13(12-20)14-10-18-19(3)11-14;/h10-11,13H,4-9,12H2,1-3H3,(H,16,17);1H. The first-order chi connectivity index (χ1) is 10.2. The van der Waals surface area contributed by atoms with Gasteiger partial charge in [-0.15, -0.1) is 24.0 Å². The maximum Gasteiger partial charge on any atom is 0.194 e. The van der Waals surface area contributed by atoms with E-state index in [9.17, 15) is 0 Å². The Morgan fingerprint density at radius 2 is 2.32 bits per heavy atom. The molecule has 6 nitrogen and oxygen atoms in total. The van der Waals surface area contributed by atoms with E-state index in [2.05, 4.69) is 33.4 Å². The third-order valence-corrected chi connectivity index (χ3v) is 3.72. The van der Waals surface area contributed by atoms with Crippen LogP contribution in [-0.2, 0) is 11.8 Å². The number of ether oxygens (including phenoxy) is 1. The Morgan fingerprint density at radius 1 is 1.50 bits per heavy atom. The van der Waals surface area contributed by atoms with Gasteiger partial charge in [-0.25, -0.2) is 0 Å². The topological polar surface area (TPSA) is 54.7 Å². The van der Waals surface area contributed by atoms with Crippen molar-refractivity contribution >= 4 is 29.9 Å². The lowest BCUT2D eigenvalue weighted by Crippen LogP contribution is -2.40. The molecule has 0 aliphatic carbocycles. The van der Waals surface area contributed by atoms with Crippen LogP contribution in [0.15, 0.2) is 17.4 Å². The molecule has 126 valence electrons. The van der Waals surface area contributed by atoms with Gasteiger partial charge in [-0.2, -0.15) is 5.10 Å². The van der Waals surface area contributed by atoms with E-state index in [0.717, 1.165) is 38.6 Å². The van der Waals surface area contributed by atoms with Crippen LogP contribution < -0.4 is 5.32 Å². The van der Waals surface area contributed by atoms with Gasteiger partial charge >= 0.3 is 0 Å². The molecule has 0 saturated carbocycles. The second-order valence-electron chi connectivity index (χ2n) is 5.31. The van der Waals surface area contributed by atoms with Crippen molar-refractivity contribution in [2.45, 2.75) is 26.2 Å². The average molecular weight is 421 g/mol. The van der Waals surface area contributed by atoms with Crippen molar-refractivity contribution in [3.8, 4) is 0 Å². The third-order valence-electron chi connectivity index (χ3n) is 3.72. The van der Waals surface area contributed by atoms with Crippen LogP contribution in [0.3, 0.4) is 0 Å². The molecule has 1 unspecified atom stereocenters. The van der Waals surface area contributed by atoms with Crippen molar-refractivity contribution in [2.24, 2.45) is 12.0 Å². The van der Waals surface area contributed by atoms with Crippen LogP contribution in [0.2, 0.25) is 0 Å². The first-order valence-corrected chi connectivity index (χ1v) is 7.84. The highest BCUT2D eigenvalue weighted by Crippen LogP contribution is 2.26. The molecule has 2 heterocycles. The van der Waals surface area contributed by atoms with Gasteiger partial charge in [0.15, 0.2) is 5.96 Å². The summed E-state index contributed by atoms with van der Waals surface area (Å²) in [6.07, 6.45) is 5.25. The predicted octanol–water partition coefficient (Wildman–Crippen LogP) is 1.83. The Morgan fingerprint density at radius 3 is 2.95 bits per heavy atom. The molecule has 1 fully saturated rings. The van der Waals surface area contributed by atoms with E-state index >= 15 is 0 Å². The summed E-state index contributed by atoms with van der Waals surface area (Å²) in [7, 11) is 1.97. The minimum Gasteiger partial charge on any atom is -0.380 e. The molecule has 0 bridgehead atoms. The van der Waals surface area contributed by atoms with Gasteiger partial charge in [-0.05, 0) is 25.8 Å². The highest BCUT2D eigenvalue weighted by Gasteiger charge is 2.26. The van der Waals surface area contributed by atoms with Gasteiger partial charge in [0.25, 0.3) is 0 Å². The number of likely N-dealkylation sites (tertiary alicyclic amines) is 1. The molecule has 0 aromatic carbocycles. The van der Waals surface area contributed by atoms with Crippen LogP contribution in [0.5, 0.6) is 0 Å². The minimum atomic E-state index is 0. The summed E-state index contributed by atoms with van der Waals surface area (Å²) in [5, 5.41) is 7.65. The van der Waals surface area contributed by atoms with Gasteiger partial charge in [-0.3, -0.25) is 9.67 Å². The normalized spacial score (nSPS) is 18.4. The molecule has 22 heavy (non-hydrogen) atoms. The number of halogens is 1. The summed E-state index contributed by atoms with van der Waals surface area (Å²) in [4.78, 5) is 6.99. The van der Waals surface area contributed by atoms with Crippen LogP contribution in [0, 0.1) is 0 Å². The Balaban J connectivity index is 0.00000242. The lowest BCUT2D eigenvalue weighted by Gasteiger charge is -2.21. The van der Waals surface area contributed by atoms with Crippen molar-refractivity contribution in [1.29, 1.82) is 0 Å². The molecular formula is C15H28IN5O. The second-order valence-corrected chi connectivity index (χ2v) is 5.31. The number of rotatable bonds is 6. The van der Waals surface area contributed by atoms with Gasteiger partial charge in [0.2, 0.25) is 0 Å². The second kappa shape index (κ2) is 10.0. The molecule has 1 aliphatic rings. The fourth-order valence-electron chi connectivity index (χ4n) is 2.66. The number of hydrogen-bond acceptors (Lipinski definition) is 3. The Labute approximate surface area is 150 Å². The maximum atomic E-state index is 5.35. The van der Waals surface area contributed by atoms with Crippen molar-refractivity contribution < 1.29 is 4.74 Å². The van der Waals surface area contributed by atoms with Crippen molar-refractivity contribution in [3.63, 3.8) is 0 Å². The zero-order chi connectivity index (χ0) is 15.1. The first kappa shape index (κ1) is 19.2. The van der Waals surface area contributed by atoms with E-state index in [4.69, 9.17) is 4.74 Å². The Bertz CT molecular complexity index is 463. The fraction of sp³-hybridized carbons (Fsp3) is 0.733. The molecule has 0 amide bonds. The molecule has 1 atom stereocenters. The van der Waals surface area contributed by atoms with E-state index in [1.54, 1.807) is 0 Å². The fourth-order valence-corrected chi connectivity index (χ4v) is 2.66. The van der Waals surface area contributed by atoms with E-state index in [-0.39, 0.29) is 24.0 Å². The summed E-state index contributed by atoms with van der Waals surface area (Å²) >= 11 is 0. The Hall–Kier alpha value is -0.830. The van der Waals surface area contributed by atoms with Gasteiger partial charge in [0, 0.05) is 45.4 Å². The van der Waals surface area contributed by atoms with Crippen LogP contribution in [0.1, 0.15) is 31.7 Å². The van der Waals surface area contributed by atoms with Gasteiger partial charge in [0.05, 0.1) is 19.3 Å². The van der Waals surface area contributed by atoms with E-state index in [1.165, 1.54) is 5.56 Å². The maximum absolute atomic E-state index is 5.35. The molecule has 1 aromatic rings. The van der Waals surface area contributed by atoms with Crippen molar-refractivity contribution in [3.05, 3.63) is 18.0 Å². The van der Waals surface area contributed by atoms with Crippen molar-refractivity contribution in [2.75, 3.05) is 39.4 Å². The lowest BCUT2D eigenvalue weighted by molar-refractivity contribution is 0.155. The van der Waals surface area contributed by atoms with E-state index in [1.807, 2.05) is 24.9 Å². The summed E-state index contributed by atoms with van der Waals surface area (Å²) in [5.41, 5.74) is 1.32. The molecule has 1 N–H and O–H groups in total. The molecule has 7 heteroatoms. The highest BCUT2D eigenvalue weighted by molar-refractivity contribution is 14.0. The number of aryl methyl sites for hydroxylation is 1. The van der Waals surface area contributed by atoms with Gasteiger partial charge in [0.1, 0.15) is 0 Å². The predicted molar refractivity (Wildman–Crippen MR) is 100 cm³/mol. The van der Waals surface area contributed by atoms with Crippen LogP contribution >= 0.6 is 24.0 Å². The minimum absolute atomic E-state index is 0. The monoisotopic (exact) mass is 421 g/mol. The van der Waals surface area contributed by atoms with Crippen LogP contribution in [0.25, 0.3) is 0 Å². The summed E-state index contributed by atoms with van der Waals surface area (Å²) in [6.45, 7) is 9.20. The Kier molecular flexibility index (Phi) is 8.77. The van der Waals surface area contributed by atoms with Crippen molar-refractivity contribution in [1.82, 2.24) is 20.0 Å². The number of aliphatic imine (C=N–C) groups is 1. The zero-order valence-corrected chi connectivity index (χ0v) is 16.1. The first-order valence-electron chi connectivity index (χ1n) is 7.84. The number of nitrogens with zero attached hydrogens (tertiary/aromatic N) is 4. The van der Waals surface area contributed by atoms with Crippen LogP contribution in [-0.4, -0.2) is 60.0 Å². The molecule has 0 radical (unpaired) electrons.